The lowest BCUT2D eigenvalue weighted by molar-refractivity contribution is -0.390. The van der Waals surface area contributed by atoms with Crippen molar-refractivity contribution >= 4 is 11.8 Å². The molecule has 4 bridgehead atoms. The van der Waals surface area contributed by atoms with Crippen LogP contribution in [0, 0.1) is 29.6 Å². The molecular weight excluding hydrogens is 348 g/mol. The topological polar surface area (TPSA) is 99.9 Å². The summed E-state index contributed by atoms with van der Waals surface area (Å²) in [6, 6.07) is 0. The van der Waals surface area contributed by atoms with Gasteiger partial charge < -0.3 is 15.8 Å². The van der Waals surface area contributed by atoms with Crippen LogP contribution in [0.3, 0.4) is 0 Å². The molecule has 1 saturated heterocycles. The number of hydrogen-bond donors (Lipinski definition) is 2. The van der Waals surface area contributed by atoms with E-state index in [1.165, 1.54) is 32.1 Å². The van der Waals surface area contributed by atoms with E-state index in [1.807, 2.05) is 0 Å². The first-order valence-corrected chi connectivity index (χ1v) is 10.6. The van der Waals surface area contributed by atoms with E-state index in [9.17, 15) is 9.59 Å². The smallest absolute Gasteiger partial charge is 0.236 e. The Balaban J connectivity index is 1.25. The van der Waals surface area contributed by atoms with Gasteiger partial charge in [0.25, 0.3) is 0 Å². The molecule has 1 heterocycles. The Morgan fingerprint density at radius 3 is 2.41 bits per heavy atom. The second kappa shape index (κ2) is 6.42. The minimum absolute atomic E-state index is 0.110. The van der Waals surface area contributed by atoms with Crippen LogP contribution in [0.15, 0.2) is 0 Å². The van der Waals surface area contributed by atoms with Gasteiger partial charge in [-0.25, -0.2) is 0 Å². The molecule has 0 radical (unpaired) electrons. The Labute approximate surface area is 159 Å². The van der Waals surface area contributed by atoms with Crippen molar-refractivity contribution < 1.29 is 24.1 Å². The zero-order chi connectivity index (χ0) is 18.6. The van der Waals surface area contributed by atoms with Gasteiger partial charge in [0.15, 0.2) is 0 Å². The lowest BCUT2D eigenvalue weighted by atomic mass is 9.53. The van der Waals surface area contributed by atoms with E-state index in [2.05, 4.69) is 5.32 Å². The molecule has 6 rings (SSSR count). The molecule has 5 saturated carbocycles. The van der Waals surface area contributed by atoms with Gasteiger partial charge in [-0.05, 0) is 62.7 Å². The monoisotopic (exact) mass is 378 g/mol. The third kappa shape index (κ3) is 3.08. The molecule has 5 aliphatic carbocycles. The zero-order valence-electron chi connectivity index (χ0n) is 15.8. The number of hydrogen-bond acceptors (Lipinski definition) is 5. The summed E-state index contributed by atoms with van der Waals surface area (Å²) in [6.07, 6.45) is 9.96. The number of amides is 2. The van der Waals surface area contributed by atoms with Crippen LogP contribution in [0.4, 0.5) is 0 Å². The standard InChI is InChI=1S/C20H30N2O5/c21-17(23)11-22-18(24)9-12-2-1-3-19(10-12)25-20(27-26-19)15-5-13-4-14(7-15)8-16(20)6-13/h12-16H,1-11H2,(H2,21,23)(H,22,24)/t12?,13?,14?,15?,16?,19-,20?/m1/s1. The highest BCUT2D eigenvalue weighted by Crippen LogP contribution is 2.64. The normalized spacial score (nSPS) is 47.6. The third-order valence-electron chi connectivity index (χ3n) is 7.65. The van der Waals surface area contributed by atoms with Gasteiger partial charge in [0.1, 0.15) is 0 Å². The molecule has 6 aliphatic rings. The zero-order valence-corrected chi connectivity index (χ0v) is 15.8. The lowest BCUT2D eigenvalue weighted by Gasteiger charge is -2.57. The second-order valence-corrected chi connectivity index (χ2v) is 9.61. The molecule has 2 atom stereocenters. The van der Waals surface area contributed by atoms with Crippen LogP contribution in [-0.4, -0.2) is 29.9 Å². The Bertz CT molecular complexity index is 610. The lowest BCUT2D eigenvalue weighted by Crippen LogP contribution is -2.59. The number of nitrogens with one attached hydrogen (secondary N) is 1. The number of nitrogens with two attached hydrogens (primary N) is 1. The van der Waals surface area contributed by atoms with Crippen molar-refractivity contribution in [3.63, 3.8) is 0 Å². The first-order valence-electron chi connectivity index (χ1n) is 10.6. The Morgan fingerprint density at radius 2 is 1.74 bits per heavy atom. The number of ether oxygens (including phenoxy) is 1. The molecule has 7 nitrogen and oxygen atoms in total. The number of rotatable bonds is 4. The fourth-order valence-electron chi connectivity index (χ4n) is 6.78. The highest BCUT2D eigenvalue weighted by atomic mass is 17.3. The van der Waals surface area contributed by atoms with Crippen molar-refractivity contribution in [2.45, 2.75) is 75.8 Å². The molecule has 2 spiro atoms. The van der Waals surface area contributed by atoms with E-state index in [1.54, 1.807) is 0 Å². The second-order valence-electron chi connectivity index (χ2n) is 9.61. The summed E-state index contributed by atoms with van der Waals surface area (Å²) in [7, 11) is 0. The maximum Gasteiger partial charge on any atom is 0.236 e. The van der Waals surface area contributed by atoms with E-state index in [4.69, 9.17) is 20.2 Å². The maximum atomic E-state index is 12.1. The quantitative estimate of drug-likeness (QED) is 0.729. The molecule has 0 aromatic rings. The van der Waals surface area contributed by atoms with Crippen molar-refractivity contribution in [1.29, 1.82) is 0 Å². The van der Waals surface area contributed by atoms with Crippen molar-refractivity contribution in [1.82, 2.24) is 5.32 Å². The summed E-state index contributed by atoms with van der Waals surface area (Å²) < 4.78 is 6.71. The number of carbonyl (C=O) groups is 2. The van der Waals surface area contributed by atoms with Gasteiger partial charge in [-0.15, -0.1) is 0 Å². The molecule has 7 heteroatoms. The molecule has 1 unspecified atom stereocenters. The fraction of sp³-hybridized carbons (Fsp3) is 0.900. The van der Waals surface area contributed by atoms with E-state index in [-0.39, 0.29) is 18.4 Å². The van der Waals surface area contributed by atoms with Gasteiger partial charge in [0, 0.05) is 31.1 Å². The van der Waals surface area contributed by atoms with Crippen LogP contribution in [0.1, 0.15) is 64.2 Å². The van der Waals surface area contributed by atoms with Gasteiger partial charge in [-0.1, -0.05) is 0 Å². The van der Waals surface area contributed by atoms with Crippen LogP contribution < -0.4 is 11.1 Å². The van der Waals surface area contributed by atoms with Gasteiger partial charge in [-0.3, -0.25) is 9.59 Å². The third-order valence-corrected chi connectivity index (χ3v) is 7.65. The van der Waals surface area contributed by atoms with E-state index in [0.717, 1.165) is 31.1 Å². The first kappa shape index (κ1) is 17.9. The molecular formula is C20H30N2O5. The van der Waals surface area contributed by atoms with Crippen molar-refractivity contribution in [3.05, 3.63) is 0 Å². The first-order chi connectivity index (χ1) is 13.0. The molecule has 2 amide bonds. The van der Waals surface area contributed by atoms with E-state index >= 15 is 0 Å². The van der Waals surface area contributed by atoms with E-state index in [0.29, 0.717) is 24.7 Å². The fourth-order valence-corrected chi connectivity index (χ4v) is 6.78. The van der Waals surface area contributed by atoms with Crippen molar-refractivity contribution in [2.75, 3.05) is 6.54 Å². The van der Waals surface area contributed by atoms with E-state index < -0.39 is 17.5 Å². The Hall–Kier alpha value is -1.18. The summed E-state index contributed by atoms with van der Waals surface area (Å²) >= 11 is 0. The minimum Gasteiger partial charge on any atom is -0.368 e. The van der Waals surface area contributed by atoms with Crippen LogP contribution >= 0.6 is 0 Å². The molecule has 0 aromatic carbocycles. The molecule has 27 heavy (non-hydrogen) atoms. The average molecular weight is 378 g/mol. The van der Waals surface area contributed by atoms with Crippen molar-refractivity contribution in [3.8, 4) is 0 Å². The predicted octanol–water partition coefficient (Wildman–Crippen LogP) is 2.00. The van der Waals surface area contributed by atoms with Gasteiger partial charge >= 0.3 is 0 Å². The van der Waals surface area contributed by atoms with Gasteiger partial charge in [0.2, 0.25) is 23.4 Å². The highest BCUT2D eigenvalue weighted by molar-refractivity contribution is 5.83. The Morgan fingerprint density at radius 1 is 1.04 bits per heavy atom. The molecule has 6 fully saturated rings. The summed E-state index contributed by atoms with van der Waals surface area (Å²) in [5, 5.41) is 2.58. The molecule has 0 aromatic heterocycles. The van der Waals surface area contributed by atoms with Gasteiger partial charge in [0.05, 0.1) is 6.54 Å². The summed E-state index contributed by atoms with van der Waals surface area (Å²) in [5.74, 6) is 0.834. The highest BCUT2D eigenvalue weighted by Gasteiger charge is 2.66. The van der Waals surface area contributed by atoms with Crippen LogP contribution in [-0.2, 0) is 24.1 Å². The van der Waals surface area contributed by atoms with Gasteiger partial charge in [-0.2, -0.15) is 9.78 Å². The summed E-state index contributed by atoms with van der Waals surface area (Å²) in [5.41, 5.74) is 5.09. The molecule has 150 valence electrons. The molecule has 1 aliphatic heterocycles. The minimum atomic E-state index is -0.706. The van der Waals surface area contributed by atoms with Crippen molar-refractivity contribution in [2.24, 2.45) is 35.3 Å². The van der Waals surface area contributed by atoms with Crippen LogP contribution in [0.5, 0.6) is 0 Å². The summed E-state index contributed by atoms with van der Waals surface area (Å²) in [6.45, 7) is -0.110. The predicted molar refractivity (Wildman–Crippen MR) is 94.5 cm³/mol. The molecule has 3 N–H and O–H groups in total. The SMILES string of the molecule is NC(=O)CNC(=O)CC1CCC[C@]2(C1)OOC1(O2)C2CC3CC(C2)CC1C3. The van der Waals surface area contributed by atoms with Crippen LogP contribution in [0.25, 0.3) is 0 Å². The number of carbonyl (C=O) groups excluding carboxylic acids is 2. The largest absolute Gasteiger partial charge is 0.368 e. The summed E-state index contributed by atoms with van der Waals surface area (Å²) in [4.78, 5) is 34.9. The van der Waals surface area contributed by atoms with Crippen LogP contribution in [0.2, 0.25) is 0 Å². The Kier molecular flexibility index (Phi) is 4.26. The average Bonchev–Trinajstić information content (AvgIpc) is 2.97. The number of primary amides is 1. The maximum absolute atomic E-state index is 12.1.